The molecule has 4 nitrogen and oxygen atoms in total. The van der Waals surface area contributed by atoms with Crippen LogP contribution in [0.1, 0.15) is 17.5 Å². The van der Waals surface area contributed by atoms with Crippen molar-refractivity contribution in [2.75, 3.05) is 0 Å². The third-order valence-corrected chi connectivity index (χ3v) is 3.26. The Labute approximate surface area is 99.6 Å². The van der Waals surface area contributed by atoms with E-state index in [9.17, 15) is 9.59 Å². The molecule has 1 aromatic carbocycles. The van der Waals surface area contributed by atoms with Gasteiger partial charge >= 0.3 is 5.97 Å². The smallest absolute Gasteiger partial charge is 0.309 e. The topological polar surface area (TPSA) is 66.4 Å². The van der Waals surface area contributed by atoms with E-state index in [-0.39, 0.29) is 18.4 Å². The standard InChI is InChI=1S/C13H15NO3/c1-8-4-2-3-5-9(8)6-11-10(13(16)17)7-12(15)14-11/h2-5,10-11H,6-7H2,1H3,(H,14,15)(H,16,17). The number of amides is 1. The van der Waals surface area contributed by atoms with Gasteiger partial charge in [-0.15, -0.1) is 0 Å². The fourth-order valence-corrected chi connectivity index (χ4v) is 2.24. The second-order valence-electron chi connectivity index (χ2n) is 4.45. The van der Waals surface area contributed by atoms with E-state index in [1.54, 1.807) is 0 Å². The van der Waals surface area contributed by atoms with E-state index >= 15 is 0 Å². The number of carbonyl (C=O) groups excluding carboxylic acids is 1. The molecule has 1 saturated heterocycles. The molecule has 1 fully saturated rings. The molecule has 1 aromatic rings. The van der Waals surface area contributed by atoms with E-state index in [0.29, 0.717) is 6.42 Å². The molecular formula is C13H15NO3. The zero-order valence-corrected chi connectivity index (χ0v) is 9.64. The van der Waals surface area contributed by atoms with Crippen LogP contribution in [0.3, 0.4) is 0 Å². The molecule has 2 rings (SSSR count). The number of nitrogens with one attached hydrogen (secondary N) is 1. The number of carbonyl (C=O) groups is 2. The highest BCUT2D eigenvalue weighted by Crippen LogP contribution is 2.21. The van der Waals surface area contributed by atoms with Gasteiger partial charge in [-0.3, -0.25) is 9.59 Å². The van der Waals surface area contributed by atoms with Crippen LogP contribution in [0.5, 0.6) is 0 Å². The van der Waals surface area contributed by atoms with Gasteiger partial charge in [-0.1, -0.05) is 24.3 Å². The third kappa shape index (κ3) is 2.46. The molecule has 0 spiro atoms. The maximum absolute atomic E-state index is 11.3. The maximum atomic E-state index is 11.3. The molecule has 0 radical (unpaired) electrons. The highest BCUT2D eigenvalue weighted by Gasteiger charge is 2.37. The number of aliphatic carboxylic acids is 1. The Kier molecular flexibility index (Phi) is 3.13. The van der Waals surface area contributed by atoms with E-state index in [4.69, 9.17) is 5.11 Å². The Morgan fingerprint density at radius 2 is 2.18 bits per heavy atom. The molecule has 0 aromatic heterocycles. The number of rotatable bonds is 3. The first-order chi connectivity index (χ1) is 8.08. The molecule has 0 saturated carbocycles. The molecule has 0 bridgehead atoms. The van der Waals surface area contributed by atoms with Crippen molar-refractivity contribution in [1.29, 1.82) is 0 Å². The number of hydrogen-bond acceptors (Lipinski definition) is 2. The van der Waals surface area contributed by atoms with E-state index in [2.05, 4.69) is 5.32 Å². The molecule has 4 heteroatoms. The van der Waals surface area contributed by atoms with Crippen molar-refractivity contribution in [3.8, 4) is 0 Å². The lowest BCUT2D eigenvalue weighted by molar-refractivity contribution is -0.142. The zero-order chi connectivity index (χ0) is 12.4. The fourth-order valence-electron chi connectivity index (χ4n) is 2.24. The Morgan fingerprint density at radius 1 is 1.47 bits per heavy atom. The monoisotopic (exact) mass is 233 g/mol. The summed E-state index contributed by atoms with van der Waals surface area (Å²) >= 11 is 0. The first-order valence-corrected chi connectivity index (χ1v) is 5.64. The summed E-state index contributed by atoms with van der Waals surface area (Å²) in [6, 6.07) is 7.54. The van der Waals surface area contributed by atoms with Crippen molar-refractivity contribution in [3.63, 3.8) is 0 Å². The molecule has 2 atom stereocenters. The van der Waals surface area contributed by atoms with Crippen LogP contribution in [0.2, 0.25) is 0 Å². The molecule has 0 aliphatic carbocycles. The predicted molar refractivity (Wildman–Crippen MR) is 62.6 cm³/mol. The van der Waals surface area contributed by atoms with Gasteiger partial charge in [0.1, 0.15) is 0 Å². The van der Waals surface area contributed by atoms with Crippen molar-refractivity contribution < 1.29 is 14.7 Å². The second-order valence-corrected chi connectivity index (χ2v) is 4.45. The largest absolute Gasteiger partial charge is 0.481 e. The van der Waals surface area contributed by atoms with Crippen molar-refractivity contribution in [2.45, 2.75) is 25.8 Å². The van der Waals surface area contributed by atoms with Crippen LogP contribution in [0.15, 0.2) is 24.3 Å². The number of carboxylic acid groups (broad SMARTS) is 1. The Morgan fingerprint density at radius 3 is 2.82 bits per heavy atom. The Balaban J connectivity index is 2.15. The lowest BCUT2D eigenvalue weighted by Gasteiger charge is -2.16. The number of benzene rings is 1. The first-order valence-electron chi connectivity index (χ1n) is 5.64. The Hall–Kier alpha value is -1.84. The normalized spacial score (nSPS) is 23.5. The summed E-state index contributed by atoms with van der Waals surface area (Å²) < 4.78 is 0. The van der Waals surface area contributed by atoms with E-state index in [1.165, 1.54) is 0 Å². The molecule has 2 unspecified atom stereocenters. The van der Waals surface area contributed by atoms with Crippen LogP contribution in [-0.4, -0.2) is 23.0 Å². The van der Waals surface area contributed by atoms with Crippen molar-refractivity contribution in [1.82, 2.24) is 5.32 Å². The van der Waals surface area contributed by atoms with Gasteiger partial charge in [0.05, 0.1) is 5.92 Å². The van der Waals surface area contributed by atoms with Crippen molar-refractivity contribution >= 4 is 11.9 Å². The summed E-state index contributed by atoms with van der Waals surface area (Å²) in [6.45, 7) is 1.99. The van der Waals surface area contributed by atoms with Gasteiger partial charge in [0.2, 0.25) is 5.91 Å². The lowest BCUT2D eigenvalue weighted by Crippen LogP contribution is -2.34. The van der Waals surface area contributed by atoms with E-state index in [0.717, 1.165) is 11.1 Å². The quantitative estimate of drug-likeness (QED) is 0.822. The van der Waals surface area contributed by atoms with Crippen LogP contribution >= 0.6 is 0 Å². The minimum atomic E-state index is -0.901. The second kappa shape index (κ2) is 4.57. The summed E-state index contributed by atoms with van der Waals surface area (Å²) in [4.78, 5) is 22.3. The van der Waals surface area contributed by atoms with Gasteiger partial charge in [0.15, 0.2) is 0 Å². The van der Waals surface area contributed by atoms with Gasteiger partial charge < -0.3 is 10.4 Å². The van der Waals surface area contributed by atoms with Crippen LogP contribution in [0, 0.1) is 12.8 Å². The van der Waals surface area contributed by atoms with Crippen LogP contribution in [0.25, 0.3) is 0 Å². The van der Waals surface area contributed by atoms with Gasteiger partial charge in [-0.25, -0.2) is 0 Å². The maximum Gasteiger partial charge on any atom is 0.309 e. The molecule has 2 N–H and O–H groups in total. The van der Waals surface area contributed by atoms with Crippen LogP contribution < -0.4 is 5.32 Å². The molecule has 1 heterocycles. The summed E-state index contributed by atoms with van der Waals surface area (Å²) in [7, 11) is 0. The minimum absolute atomic E-state index is 0.0892. The highest BCUT2D eigenvalue weighted by molar-refractivity contribution is 5.86. The fraction of sp³-hybridized carbons (Fsp3) is 0.385. The summed E-state index contributed by atoms with van der Waals surface area (Å²) in [5.74, 6) is -1.68. The molecular weight excluding hydrogens is 218 g/mol. The first kappa shape index (κ1) is 11.6. The average Bonchev–Trinajstić information content (AvgIpc) is 2.63. The summed E-state index contributed by atoms with van der Waals surface area (Å²) in [6.07, 6.45) is 0.668. The minimum Gasteiger partial charge on any atom is -0.481 e. The van der Waals surface area contributed by atoms with Crippen LogP contribution in [0.4, 0.5) is 0 Å². The summed E-state index contributed by atoms with van der Waals surface area (Å²) in [5.41, 5.74) is 2.21. The average molecular weight is 233 g/mol. The lowest BCUT2D eigenvalue weighted by atomic mass is 9.93. The van der Waals surface area contributed by atoms with Crippen molar-refractivity contribution in [2.24, 2.45) is 5.92 Å². The van der Waals surface area contributed by atoms with Gasteiger partial charge in [0.25, 0.3) is 0 Å². The molecule has 17 heavy (non-hydrogen) atoms. The molecule has 1 amide bonds. The van der Waals surface area contributed by atoms with Gasteiger partial charge in [0, 0.05) is 12.5 Å². The zero-order valence-electron chi connectivity index (χ0n) is 9.64. The SMILES string of the molecule is Cc1ccccc1CC1NC(=O)CC1C(=O)O. The summed E-state index contributed by atoms with van der Waals surface area (Å²) in [5, 5.41) is 11.8. The highest BCUT2D eigenvalue weighted by atomic mass is 16.4. The molecule has 1 aliphatic rings. The van der Waals surface area contributed by atoms with E-state index in [1.807, 2.05) is 31.2 Å². The van der Waals surface area contributed by atoms with Crippen LogP contribution in [-0.2, 0) is 16.0 Å². The number of aryl methyl sites for hydroxylation is 1. The molecule has 1 aliphatic heterocycles. The van der Waals surface area contributed by atoms with Gasteiger partial charge in [-0.2, -0.15) is 0 Å². The number of carboxylic acids is 1. The third-order valence-electron chi connectivity index (χ3n) is 3.26. The Bertz CT molecular complexity index is 456. The van der Waals surface area contributed by atoms with Gasteiger partial charge in [-0.05, 0) is 24.5 Å². The predicted octanol–water partition coefficient (Wildman–Crippen LogP) is 1.13. The number of hydrogen-bond donors (Lipinski definition) is 2. The van der Waals surface area contributed by atoms with Crippen molar-refractivity contribution in [3.05, 3.63) is 35.4 Å². The van der Waals surface area contributed by atoms with E-state index < -0.39 is 11.9 Å². The molecule has 90 valence electrons.